The number of rotatable bonds is 7. The lowest BCUT2D eigenvalue weighted by Crippen LogP contribution is -2.21. The SMILES string of the molecule is CCCOc1ccc2ccccc2c1/C=N\NC(=O)C[C@@H]1CCS(=O)(=O)C1. The molecule has 2 aromatic carbocycles. The maximum atomic E-state index is 12.1. The Labute approximate surface area is 159 Å². The highest BCUT2D eigenvalue weighted by Gasteiger charge is 2.29. The number of nitrogens with zero attached hydrogens (tertiary/aromatic N) is 1. The lowest BCUT2D eigenvalue weighted by atomic mass is 10.0. The van der Waals surface area contributed by atoms with Crippen LogP contribution in [0.25, 0.3) is 10.8 Å². The molecule has 1 heterocycles. The molecule has 0 bridgehead atoms. The molecule has 1 atom stereocenters. The largest absolute Gasteiger partial charge is 0.493 e. The zero-order valence-electron chi connectivity index (χ0n) is 15.3. The van der Waals surface area contributed by atoms with E-state index in [2.05, 4.69) is 10.5 Å². The first-order valence-corrected chi connectivity index (χ1v) is 11.0. The summed E-state index contributed by atoms with van der Waals surface area (Å²) in [5.41, 5.74) is 3.32. The lowest BCUT2D eigenvalue weighted by molar-refractivity contribution is -0.121. The van der Waals surface area contributed by atoms with Crippen LogP contribution in [0.4, 0.5) is 0 Å². The van der Waals surface area contributed by atoms with Crippen molar-refractivity contribution >= 4 is 32.7 Å². The van der Waals surface area contributed by atoms with E-state index in [0.717, 1.165) is 28.5 Å². The molecule has 7 heteroatoms. The van der Waals surface area contributed by atoms with Gasteiger partial charge in [0.05, 0.1) is 24.3 Å². The van der Waals surface area contributed by atoms with Gasteiger partial charge in [-0.1, -0.05) is 37.3 Å². The highest BCUT2D eigenvalue weighted by Crippen LogP contribution is 2.27. The van der Waals surface area contributed by atoms with Gasteiger partial charge in [-0.25, -0.2) is 13.8 Å². The predicted octanol–water partition coefficient (Wildman–Crippen LogP) is 2.90. The van der Waals surface area contributed by atoms with Gasteiger partial charge in [0.1, 0.15) is 5.75 Å². The molecule has 6 nitrogen and oxygen atoms in total. The number of ether oxygens (including phenoxy) is 1. The van der Waals surface area contributed by atoms with E-state index < -0.39 is 9.84 Å². The Morgan fingerprint density at radius 2 is 2.11 bits per heavy atom. The third kappa shape index (κ3) is 5.07. The number of carbonyl (C=O) groups is 1. The van der Waals surface area contributed by atoms with Crippen LogP contribution < -0.4 is 10.2 Å². The van der Waals surface area contributed by atoms with Crippen LogP contribution in [-0.2, 0) is 14.6 Å². The molecule has 1 amide bonds. The van der Waals surface area contributed by atoms with E-state index in [1.165, 1.54) is 0 Å². The molecular formula is C20H24N2O4S. The highest BCUT2D eigenvalue weighted by atomic mass is 32.2. The lowest BCUT2D eigenvalue weighted by Gasteiger charge is -2.11. The zero-order chi connectivity index (χ0) is 19.3. The number of nitrogens with one attached hydrogen (secondary N) is 1. The summed E-state index contributed by atoms with van der Waals surface area (Å²) in [4.78, 5) is 12.1. The van der Waals surface area contributed by atoms with Crippen LogP contribution in [0, 0.1) is 5.92 Å². The second-order valence-electron chi connectivity index (χ2n) is 6.81. The Morgan fingerprint density at radius 3 is 2.85 bits per heavy atom. The number of benzene rings is 2. The fraction of sp³-hybridized carbons (Fsp3) is 0.400. The van der Waals surface area contributed by atoms with Crippen molar-refractivity contribution in [2.75, 3.05) is 18.1 Å². The van der Waals surface area contributed by atoms with E-state index >= 15 is 0 Å². The Hall–Kier alpha value is -2.41. The number of hydrogen-bond acceptors (Lipinski definition) is 5. The smallest absolute Gasteiger partial charge is 0.240 e. The zero-order valence-corrected chi connectivity index (χ0v) is 16.2. The summed E-state index contributed by atoms with van der Waals surface area (Å²) >= 11 is 0. The molecular weight excluding hydrogens is 364 g/mol. The van der Waals surface area contributed by atoms with Gasteiger partial charge >= 0.3 is 0 Å². The van der Waals surface area contributed by atoms with Gasteiger partial charge in [-0.3, -0.25) is 4.79 Å². The summed E-state index contributed by atoms with van der Waals surface area (Å²) in [6.45, 7) is 2.64. The monoisotopic (exact) mass is 388 g/mol. The first kappa shape index (κ1) is 19.4. The first-order valence-electron chi connectivity index (χ1n) is 9.15. The van der Waals surface area contributed by atoms with Gasteiger partial charge in [-0.05, 0) is 35.6 Å². The molecule has 27 heavy (non-hydrogen) atoms. The van der Waals surface area contributed by atoms with Crippen LogP contribution in [0.15, 0.2) is 41.5 Å². The third-order valence-corrected chi connectivity index (χ3v) is 6.41. The molecule has 3 rings (SSSR count). The minimum Gasteiger partial charge on any atom is -0.493 e. The Morgan fingerprint density at radius 1 is 1.30 bits per heavy atom. The minimum absolute atomic E-state index is 0.0858. The average Bonchev–Trinajstić information content (AvgIpc) is 2.99. The number of fused-ring (bicyclic) bond motifs is 1. The van der Waals surface area contributed by atoms with Gasteiger partial charge in [0.25, 0.3) is 0 Å². The van der Waals surface area contributed by atoms with Crippen molar-refractivity contribution in [2.45, 2.75) is 26.2 Å². The van der Waals surface area contributed by atoms with Crippen LogP contribution in [0.5, 0.6) is 5.75 Å². The third-order valence-electron chi connectivity index (χ3n) is 4.58. The van der Waals surface area contributed by atoms with Crippen molar-refractivity contribution in [1.29, 1.82) is 0 Å². The molecule has 0 unspecified atom stereocenters. The maximum absolute atomic E-state index is 12.1. The number of sulfone groups is 1. The van der Waals surface area contributed by atoms with Gasteiger partial charge in [-0.15, -0.1) is 0 Å². The molecule has 1 N–H and O–H groups in total. The summed E-state index contributed by atoms with van der Waals surface area (Å²) in [5.74, 6) is 0.580. The number of carbonyl (C=O) groups excluding carboxylic acids is 1. The predicted molar refractivity (Wildman–Crippen MR) is 107 cm³/mol. The van der Waals surface area contributed by atoms with Crippen molar-refractivity contribution in [2.24, 2.45) is 11.0 Å². The van der Waals surface area contributed by atoms with Crippen molar-refractivity contribution in [1.82, 2.24) is 5.43 Å². The normalized spacial score (nSPS) is 18.8. The summed E-state index contributed by atoms with van der Waals surface area (Å²) in [6.07, 6.45) is 3.20. The Balaban J connectivity index is 1.71. The Bertz CT molecular complexity index is 954. The van der Waals surface area contributed by atoms with E-state index in [1.807, 2.05) is 43.3 Å². The molecule has 0 aliphatic carbocycles. The molecule has 0 saturated carbocycles. The number of amides is 1. The van der Waals surface area contributed by atoms with E-state index in [0.29, 0.717) is 13.0 Å². The van der Waals surface area contributed by atoms with Crippen molar-refractivity contribution in [3.05, 3.63) is 42.0 Å². The van der Waals surface area contributed by atoms with E-state index in [9.17, 15) is 13.2 Å². The van der Waals surface area contributed by atoms with Crippen LogP contribution in [0.3, 0.4) is 0 Å². The molecule has 1 aliphatic rings. The van der Waals surface area contributed by atoms with Gasteiger partial charge in [-0.2, -0.15) is 5.10 Å². The molecule has 0 radical (unpaired) electrons. The standard InChI is InChI=1S/C20H24N2O4S/c1-2-10-26-19-8-7-16-5-3-4-6-17(16)18(19)13-21-22-20(23)12-15-9-11-27(24,25)14-15/h3-8,13,15H,2,9-12,14H2,1H3,(H,22,23)/b21-13-/t15-/m0/s1. The molecule has 0 spiro atoms. The van der Waals surface area contributed by atoms with E-state index in [4.69, 9.17) is 4.74 Å². The number of hydrogen-bond donors (Lipinski definition) is 1. The highest BCUT2D eigenvalue weighted by molar-refractivity contribution is 7.91. The molecule has 1 fully saturated rings. The van der Waals surface area contributed by atoms with Gasteiger partial charge in [0, 0.05) is 12.0 Å². The topological polar surface area (TPSA) is 84.8 Å². The molecule has 0 aromatic heterocycles. The van der Waals surface area contributed by atoms with Crippen molar-refractivity contribution in [3.8, 4) is 5.75 Å². The van der Waals surface area contributed by atoms with Gasteiger partial charge < -0.3 is 4.74 Å². The number of hydrazone groups is 1. The van der Waals surface area contributed by atoms with Crippen molar-refractivity contribution in [3.63, 3.8) is 0 Å². The maximum Gasteiger partial charge on any atom is 0.240 e. The van der Waals surface area contributed by atoms with Crippen molar-refractivity contribution < 1.29 is 17.9 Å². The van der Waals surface area contributed by atoms with E-state index in [-0.39, 0.29) is 29.8 Å². The van der Waals surface area contributed by atoms with Gasteiger partial charge in [0.15, 0.2) is 9.84 Å². The molecule has 1 aliphatic heterocycles. The summed E-state index contributed by atoms with van der Waals surface area (Å²) in [7, 11) is -2.98. The summed E-state index contributed by atoms with van der Waals surface area (Å²) in [5, 5.41) is 6.14. The molecule has 144 valence electrons. The summed E-state index contributed by atoms with van der Waals surface area (Å²) < 4.78 is 28.8. The molecule has 1 saturated heterocycles. The minimum atomic E-state index is -2.98. The fourth-order valence-corrected chi connectivity index (χ4v) is 5.12. The van der Waals surface area contributed by atoms with Crippen LogP contribution >= 0.6 is 0 Å². The van der Waals surface area contributed by atoms with Crippen LogP contribution in [0.1, 0.15) is 31.7 Å². The second kappa shape index (κ2) is 8.52. The molecule has 2 aromatic rings. The second-order valence-corrected chi connectivity index (χ2v) is 9.04. The van der Waals surface area contributed by atoms with Crippen LogP contribution in [0.2, 0.25) is 0 Å². The quantitative estimate of drug-likeness (QED) is 0.584. The Kier molecular flexibility index (Phi) is 6.11. The van der Waals surface area contributed by atoms with E-state index in [1.54, 1.807) is 6.21 Å². The van der Waals surface area contributed by atoms with Gasteiger partial charge in [0.2, 0.25) is 5.91 Å². The van der Waals surface area contributed by atoms with Crippen LogP contribution in [-0.4, -0.2) is 38.7 Å². The average molecular weight is 388 g/mol. The summed E-state index contributed by atoms with van der Waals surface area (Å²) in [6, 6.07) is 11.8. The fourth-order valence-electron chi connectivity index (χ4n) is 3.26. The first-order chi connectivity index (χ1) is 13.0.